The number of hydrogen-bond donors (Lipinski definition) is 1. The Morgan fingerprint density at radius 3 is 2.65 bits per heavy atom. The highest BCUT2D eigenvalue weighted by atomic mass is 16.5. The van der Waals surface area contributed by atoms with Gasteiger partial charge >= 0.3 is 0 Å². The predicted octanol–water partition coefficient (Wildman–Crippen LogP) is 0.376. The van der Waals surface area contributed by atoms with Gasteiger partial charge in [0, 0.05) is 32.3 Å². The maximum Gasteiger partial charge on any atom is 0.0662 e. The van der Waals surface area contributed by atoms with Crippen LogP contribution in [0, 0.1) is 5.92 Å². The number of nitrogens with two attached hydrogens (primary N) is 1. The summed E-state index contributed by atoms with van der Waals surface area (Å²) in [6.07, 6.45) is 2.34. The number of hydrogen-bond acceptors (Lipinski definition) is 4. The molecular weight excluding hydrogens is 214 g/mol. The van der Waals surface area contributed by atoms with E-state index < -0.39 is 0 Å². The largest absolute Gasteiger partial charge is 0.379 e. The second-order valence-electron chi connectivity index (χ2n) is 6.00. The SMILES string of the molecule is CC1CN(C2(CN)CCCOC2)CC1N(C)C. The summed E-state index contributed by atoms with van der Waals surface area (Å²) in [5.74, 6) is 0.718. The second-order valence-corrected chi connectivity index (χ2v) is 6.00. The third-order valence-electron chi connectivity index (χ3n) is 4.59. The molecule has 0 saturated carbocycles. The van der Waals surface area contributed by atoms with Crippen molar-refractivity contribution in [2.24, 2.45) is 11.7 Å². The fraction of sp³-hybridized carbons (Fsp3) is 1.00. The lowest BCUT2D eigenvalue weighted by molar-refractivity contribution is -0.0379. The lowest BCUT2D eigenvalue weighted by Crippen LogP contribution is -2.58. The zero-order chi connectivity index (χ0) is 12.5. The van der Waals surface area contributed by atoms with Gasteiger partial charge in [0.1, 0.15) is 0 Å². The number of ether oxygens (including phenoxy) is 1. The van der Waals surface area contributed by atoms with Crippen LogP contribution in [0.4, 0.5) is 0 Å². The van der Waals surface area contributed by atoms with E-state index in [-0.39, 0.29) is 5.54 Å². The Morgan fingerprint density at radius 1 is 1.41 bits per heavy atom. The molecule has 0 amide bonds. The molecule has 0 aromatic rings. The van der Waals surface area contributed by atoms with Crippen LogP contribution in [0.2, 0.25) is 0 Å². The molecule has 100 valence electrons. The first-order chi connectivity index (χ1) is 8.09. The highest BCUT2D eigenvalue weighted by Crippen LogP contribution is 2.32. The molecule has 3 atom stereocenters. The minimum atomic E-state index is 0.108. The fourth-order valence-corrected chi connectivity index (χ4v) is 3.39. The lowest BCUT2D eigenvalue weighted by Gasteiger charge is -2.44. The number of likely N-dealkylation sites (N-methyl/N-ethyl adjacent to an activating group) is 1. The van der Waals surface area contributed by atoms with Crippen LogP contribution in [-0.4, -0.2) is 68.3 Å². The van der Waals surface area contributed by atoms with E-state index in [2.05, 4.69) is 30.8 Å². The van der Waals surface area contributed by atoms with Crippen molar-refractivity contribution in [3.05, 3.63) is 0 Å². The van der Waals surface area contributed by atoms with Gasteiger partial charge in [0.25, 0.3) is 0 Å². The van der Waals surface area contributed by atoms with Crippen LogP contribution in [-0.2, 0) is 4.74 Å². The highest BCUT2D eigenvalue weighted by Gasteiger charge is 2.44. The van der Waals surface area contributed by atoms with Gasteiger partial charge in [-0.05, 0) is 32.9 Å². The van der Waals surface area contributed by atoms with Crippen molar-refractivity contribution in [1.82, 2.24) is 9.80 Å². The highest BCUT2D eigenvalue weighted by molar-refractivity contribution is 5.00. The van der Waals surface area contributed by atoms with Crippen LogP contribution in [0.3, 0.4) is 0 Å². The van der Waals surface area contributed by atoms with Gasteiger partial charge in [-0.3, -0.25) is 4.90 Å². The molecule has 17 heavy (non-hydrogen) atoms. The zero-order valence-electron chi connectivity index (χ0n) is 11.5. The zero-order valence-corrected chi connectivity index (χ0v) is 11.5. The van der Waals surface area contributed by atoms with Gasteiger partial charge in [0.05, 0.1) is 12.1 Å². The van der Waals surface area contributed by atoms with Crippen molar-refractivity contribution in [3.8, 4) is 0 Å². The topological polar surface area (TPSA) is 41.7 Å². The van der Waals surface area contributed by atoms with Crippen molar-refractivity contribution in [2.45, 2.75) is 31.3 Å². The molecule has 2 aliphatic heterocycles. The van der Waals surface area contributed by atoms with Crippen molar-refractivity contribution >= 4 is 0 Å². The summed E-state index contributed by atoms with van der Waals surface area (Å²) in [6, 6.07) is 0.653. The first kappa shape index (κ1) is 13.3. The van der Waals surface area contributed by atoms with E-state index in [0.717, 1.165) is 45.2 Å². The van der Waals surface area contributed by atoms with E-state index in [1.165, 1.54) is 6.42 Å². The van der Waals surface area contributed by atoms with Crippen LogP contribution in [0.25, 0.3) is 0 Å². The van der Waals surface area contributed by atoms with Crippen molar-refractivity contribution in [3.63, 3.8) is 0 Å². The standard InChI is InChI=1S/C13H27N3O/c1-11-7-16(8-12(11)15(2)3)13(9-14)5-4-6-17-10-13/h11-12H,4-10,14H2,1-3H3. The van der Waals surface area contributed by atoms with E-state index in [0.29, 0.717) is 6.04 Å². The molecule has 2 rings (SSSR count). The Bertz CT molecular complexity index is 251. The molecule has 0 aliphatic carbocycles. The van der Waals surface area contributed by atoms with E-state index in [4.69, 9.17) is 10.5 Å². The Balaban J connectivity index is 2.06. The van der Waals surface area contributed by atoms with Crippen LogP contribution >= 0.6 is 0 Å². The molecular formula is C13H27N3O. The Morgan fingerprint density at radius 2 is 2.18 bits per heavy atom. The summed E-state index contributed by atoms with van der Waals surface area (Å²) >= 11 is 0. The van der Waals surface area contributed by atoms with Gasteiger partial charge in [-0.2, -0.15) is 0 Å². The van der Waals surface area contributed by atoms with Crippen molar-refractivity contribution < 1.29 is 4.74 Å². The molecule has 0 radical (unpaired) electrons. The molecule has 0 spiro atoms. The molecule has 2 heterocycles. The number of rotatable bonds is 3. The van der Waals surface area contributed by atoms with Crippen LogP contribution < -0.4 is 5.73 Å². The maximum atomic E-state index is 6.05. The summed E-state index contributed by atoms with van der Waals surface area (Å²) in [6.45, 7) is 7.08. The maximum absolute atomic E-state index is 6.05. The first-order valence-corrected chi connectivity index (χ1v) is 6.78. The van der Waals surface area contributed by atoms with Gasteiger partial charge in [-0.15, -0.1) is 0 Å². The molecule has 2 aliphatic rings. The Kier molecular flexibility index (Phi) is 4.08. The third kappa shape index (κ3) is 2.50. The molecule has 0 aromatic carbocycles. The van der Waals surface area contributed by atoms with E-state index in [1.807, 2.05) is 0 Å². The van der Waals surface area contributed by atoms with Gasteiger partial charge in [-0.1, -0.05) is 6.92 Å². The molecule has 0 aromatic heterocycles. The molecule has 2 saturated heterocycles. The summed E-state index contributed by atoms with van der Waals surface area (Å²) in [4.78, 5) is 4.93. The third-order valence-corrected chi connectivity index (χ3v) is 4.59. The summed E-state index contributed by atoms with van der Waals surface area (Å²) in [5.41, 5.74) is 6.16. The Labute approximate surface area is 105 Å². The minimum Gasteiger partial charge on any atom is -0.379 e. The fourth-order valence-electron chi connectivity index (χ4n) is 3.39. The van der Waals surface area contributed by atoms with Crippen molar-refractivity contribution in [1.29, 1.82) is 0 Å². The molecule has 2 N–H and O–H groups in total. The first-order valence-electron chi connectivity index (χ1n) is 6.78. The van der Waals surface area contributed by atoms with Gasteiger partial charge < -0.3 is 15.4 Å². The summed E-state index contributed by atoms with van der Waals surface area (Å²) < 4.78 is 5.68. The van der Waals surface area contributed by atoms with Crippen LogP contribution in [0.15, 0.2) is 0 Å². The number of nitrogens with zero attached hydrogens (tertiary/aromatic N) is 2. The average molecular weight is 241 g/mol. The smallest absolute Gasteiger partial charge is 0.0662 e. The normalized spacial score (nSPS) is 40.1. The van der Waals surface area contributed by atoms with Gasteiger partial charge in [-0.25, -0.2) is 0 Å². The monoisotopic (exact) mass is 241 g/mol. The molecule has 4 heteroatoms. The predicted molar refractivity (Wildman–Crippen MR) is 70.1 cm³/mol. The van der Waals surface area contributed by atoms with E-state index >= 15 is 0 Å². The molecule has 0 bridgehead atoms. The lowest BCUT2D eigenvalue weighted by atomic mass is 9.90. The van der Waals surface area contributed by atoms with E-state index in [1.54, 1.807) is 0 Å². The quantitative estimate of drug-likeness (QED) is 0.775. The van der Waals surface area contributed by atoms with Crippen LogP contribution in [0.5, 0.6) is 0 Å². The van der Waals surface area contributed by atoms with E-state index in [9.17, 15) is 0 Å². The second kappa shape index (κ2) is 5.22. The summed E-state index contributed by atoms with van der Waals surface area (Å²) in [5, 5.41) is 0. The van der Waals surface area contributed by atoms with Gasteiger partial charge in [0.15, 0.2) is 0 Å². The van der Waals surface area contributed by atoms with Crippen molar-refractivity contribution in [2.75, 3.05) is 46.9 Å². The van der Waals surface area contributed by atoms with Gasteiger partial charge in [0.2, 0.25) is 0 Å². The average Bonchev–Trinajstić information content (AvgIpc) is 2.73. The molecule has 4 nitrogen and oxygen atoms in total. The number of likely N-dealkylation sites (tertiary alicyclic amines) is 1. The molecule has 2 fully saturated rings. The Hall–Kier alpha value is -0.160. The minimum absolute atomic E-state index is 0.108. The summed E-state index contributed by atoms with van der Waals surface area (Å²) in [7, 11) is 4.36. The van der Waals surface area contributed by atoms with Crippen LogP contribution in [0.1, 0.15) is 19.8 Å². The molecule has 3 unspecified atom stereocenters.